The summed E-state index contributed by atoms with van der Waals surface area (Å²) in [6.45, 7) is 0.338. The minimum absolute atomic E-state index is 0.0952. The second kappa shape index (κ2) is 7.35. The molecule has 7 heteroatoms. The number of nitro benzene ring substituents is 1. The van der Waals surface area contributed by atoms with Gasteiger partial charge >= 0.3 is 5.69 Å². The number of benzene rings is 2. The van der Waals surface area contributed by atoms with Gasteiger partial charge < -0.3 is 10.1 Å². The molecule has 23 heavy (non-hydrogen) atoms. The first-order valence-corrected chi connectivity index (χ1v) is 6.86. The molecule has 0 spiro atoms. The van der Waals surface area contributed by atoms with Crippen molar-refractivity contribution in [2.75, 3.05) is 13.7 Å². The molecule has 0 aliphatic heterocycles. The quantitative estimate of drug-likeness (QED) is 0.656. The normalized spacial score (nSPS) is 10.2. The lowest BCUT2D eigenvalue weighted by Gasteiger charge is -2.07. The van der Waals surface area contributed by atoms with Gasteiger partial charge in [0.15, 0.2) is 5.75 Å². The first-order chi connectivity index (χ1) is 11.0. The van der Waals surface area contributed by atoms with E-state index < -0.39 is 10.8 Å². The van der Waals surface area contributed by atoms with Gasteiger partial charge in [-0.25, -0.2) is 4.39 Å². The van der Waals surface area contributed by atoms with Gasteiger partial charge in [0.1, 0.15) is 5.82 Å². The van der Waals surface area contributed by atoms with Gasteiger partial charge in [0.25, 0.3) is 5.91 Å². The van der Waals surface area contributed by atoms with Crippen molar-refractivity contribution in [1.82, 2.24) is 5.32 Å². The van der Waals surface area contributed by atoms with Crippen molar-refractivity contribution in [2.24, 2.45) is 0 Å². The van der Waals surface area contributed by atoms with Crippen LogP contribution in [0.5, 0.6) is 5.75 Å². The predicted octanol–water partition coefficient (Wildman–Crippen LogP) is 2.72. The number of nitrogens with one attached hydrogen (secondary N) is 1. The number of hydrogen-bond acceptors (Lipinski definition) is 4. The summed E-state index contributed by atoms with van der Waals surface area (Å²) < 4.78 is 17.7. The lowest BCUT2D eigenvalue weighted by Crippen LogP contribution is -2.25. The number of nitro groups is 1. The Hall–Kier alpha value is -2.96. The fraction of sp³-hybridized carbons (Fsp3) is 0.188. The van der Waals surface area contributed by atoms with Crippen LogP contribution in [0, 0.1) is 15.9 Å². The maximum Gasteiger partial charge on any atom is 0.311 e. The molecular weight excluding hydrogens is 303 g/mol. The second-order valence-electron chi connectivity index (χ2n) is 4.78. The molecule has 0 aliphatic rings. The molecule has 0 saturated heterocycles. The van der Waals surface area contributed by atoms with Crippen molar-refractivity contribution < 1.29 is 18.8 Å². The molecule has 6 nitrogen and oxygen atoms in total. The number of ether oxygens (including phenoxy) is 1. The van der Waals surface area contributed by atoms with E-state index in [1.807, 2.05) is 0 Å². The van der Waals surface area contributed by atoms with Crippen LogP contribution in [0.2, 0.25) is 0 Å². The van der Waals surface area contributed by atoms with E-state index in [4.69, 9.17) is 4.74 Å². The SMILES string of the molecule is COc1ccc(C(=O)NCCc2ccc(F)cc2)cc1[N+](=O)[O-]. The van der Waals surface area contributed by atoms with Crippen LogP contribution >= 0.6 is 0 Å². The van der Waals surface area contributed by atoms with Crippen LogP contribution in [0.25, 0.3) is 0 Å². The molecule has 0 aromatic heterocycles. The Balaban J connectivity index is 1.99. The van der Waals surface area contributed by atoms with Crippen LogP contribution in [0.4, 0.5) is 10.1 Å². The number of methoxy groups -OCH3 is 1. The zero-order valence-electron chi connectivity index (χ0n) is 12.4. The lowest BCUT2D eigenvalue weighted by molar-refractivity contribution is -0.385. The molecular formula is C16H15FN2O4. The summed E-state index contributed by atoms with van der Waals surface area (Å²) in [6.07, 6.45) is 0.532. The van der Waals surface area contributed by atoms with Gasteiger partial charge in [-0.05, 0) is 36.2 Å². The standard InChI is InChI=1S/C16H15FN2O4/c1-23-15-7-4-12(10-14(15)19(21)22)16(20)18-9-8-11-2-5-13(17)6-3-11/h2-7,10H,8-9H2,1H3,(H,18,20). The number of nitrogens with zero attached hydrogens (tertiary/aromatic N) is 1. The topological polar surface area (TPSA) is 81.5 Å². The van der Waals surface area contributed by atoms with Crippen LogP contribution in [0.1, 0.15) is 15.9 Å². The van der Waals surface area contributed by atoms with Crippen molar-refractivity contribution >= 4 is 11.6 Å². The zero-order valence-corrected chi connectivity index (χ0v) is 12.4. The van der Waals surface area contributed by atoms with Gasteiger partial charge in [0.05, 0.1) is 12.0 Å². The van der Waals surface area contributed by atoms with Crippen molar-refractivity contribution in [3.63, 3.8) is 0 Å². The van der Waals surface area contributed by atoms with Crippen molar-refractivity contribution in [3.05, 3.63) is 69.5 Å². The van der Waals surface area contributed by atoms with Gasteiger partial charge in [0.2, 0.25) is 0 Å². The number of halogens is 1. The average Bonchev–Trinajstić information content (AvgIpc) is 2.55. The highest BCUT2D eigenvalue weighted by Crippen LogP contribution is 2.27. The Labute approximate surface area is 132 Å². The van der Waals surface area contributed by atoms with Crippen molar-refractivity contribution in [1.29, 1.82) is 0 Å². The first-order valence-electron chi connectivity index (χ1n) is 6.86. The van der Waals surface area contributed by atoms with Crippen LogP contribution in [0.15, 0.2) is 42.5 Å². The molecule has 120 valence electrons. The highest BCUT2D eigenvalue weighted by Gasteiger charge is 2.17. The van der Waals surface area contributed by atoms with Crippen molar-refractivity contribution in [3.8, 4) is 5.75 Å². The number of amides is 1. The molecule has 0 heterocycles. The molecule has 0 saturated carbocycles. The summed E-state index contributed by atoms with van der Waals surface area (Å²) in [6, 6.07) is 9.99. The predicted molar refractivity (Wildman–Crippen MR) is 82.1 cm³/mol. The van der Waals surface area contributed by atoms with E-state index in [0.29, 0.717) is 13.0 Å². The highest BCUT2D eigenvalue weighted by atomic mass is 19.1. The fourth-order valence-corrected chi connectivity index (χ4v) is 2.05. The Morgan fingerprint density at radius 3 is 2.57 bits per heavy atom. The van der Waals surface area contributed by atoms with Crippen LogP contribution in [0.3, 0.4) is 0 Å². The van der Waals surface area contributed by atoms with Crippen LogP contribution in [-0.2, 0) is 6.42 Å². The molecule has 1 amide bonds. The van der Waals surface area contributed by atoms with Gasteiger partial charge in [-0.2, -0.15) is 0 Å². The van der Waals surface area contributed by atoms with Crippen LogP contribution < -0.4 is 10.1 Å². The number of hydrogen-bond donors (Lipinski definition) is 1. The molecule has 0 aliphatic carbocycles. The smallest absolute Gasteiger partial charge is 0.311 e. The second-order valence-corrected chi connectivity index (χ2v) is 4.78. The maximum absolute atomic E-state index is 12.8. The third-order valence-corrected chi connectivity index (χ3v) is 3.25. The third-order valence-electron chi connectivity index (χ3n) is 3.25. The van der Waals surface area contributed by atoms with E-state index in [0.717, 1.165) is 5.56 Å². The highest BCUT2D eigenvalue weighted by molar-refractivity contribution is 5.95. The maximum atomic E-state index is 12.8. The summed E-state index contributed by atoms with van der Waals surface area (Å²) in [7, 11) is 1.32. The summed E-state index contributed by atoms with van der Waals surface area (Å²) in [5.74, 6) is -0.640. The summed E-state index contributed by atoms with van der Waals surface area (Å²) >= 11 is 0. The van der Waals surface area contributed by atoms with Crippen molar-refractivity contribution in [2.45, 2.75) is 6.42 Å². The molecule has 2 aromatic carbocycles. The largest absolute Gasteiger partial charge is 0.490 e. The molecule has 2 rings (SSSR count). The first kappa shape index (κ1) is 16.4. The Kier molecular flexibility index (Phi) is 5.24. The molecule has 0 radical (unpaired) electrons. The molecule has 0 unspecified atom stereocenters. The van der Waals surface area contributed by atoms with Gasteiger partial charge in [-0.3, -0.25) is 14.9 Å². The van der Waals surface area contributed by atoms with Gasteiger partial charge in [-0.15, -0.1) is 0 Å². The third kappa shape index (κ3) is 4.26. The number of rotatable bonds is 6. The van der Waals surface area contributed by atoms with E-state index in [1.54, 1.807) is 12.1 Å². The van der Waals surface area contributed by atoms with E-state index in [9.17, 15) is 19.3 Å². The fourth-order valence-electron chi connectivity index (χ4n) is 2.05. The van der Waals surface area contributed by atoms with Gasteiger partial charge in [-0.1, -0.05) is 12.1 Å². The summed E-state index contributed by atoms with van der Waals surface area (Å²) in [5, 5.41) is 13.6. The van der Waals surface area contributed by atoms with Gasteiger partial charge in [0, 0.05) is 18.2 Å². The molecule has 0 fully saturated rings. The average molecular weight is 318 g/mol. The minimum Gasteiger partial charge on any atom is -0.490 e. The van der Waals surface area contributed by atoms with E-state index in [2.05, 4.69) is 5.32 Å². The Bertz CT molecular complexity index is 717. The number of carbonyl (C=O) groups excluding carboxylic acids is 1. The Morgan fingerprint density at radius 2 is 1.96 bits per heavy atom. The zero-order chi connectivity index (χ0) is 16.8. The molecule has 1 N–H and O–H groups in total. The minimum atomic E-state index is -0.603. The number of carbonyl (C=O) groups is 1. The lowest BCUT2D eigenvalue weighted by atomic mass is 10.1. The molecule has 2 aromatic rings. The summed E-state index contributed by atoms with van der Waals surface area (Å²) in [5.41, 5.74) is 0.794. The van der Waals surface area contributed by atoms with Crippen LogP contribution in [-0.4, -0.2) is 24.5 Å². The van der Waals surface area contributed by atoms with E-state index >= 15 is 0 Å². The molecule has 0 atom stereocenters. The monoisotopic (exact) mass is 318 g/mol. The van der Waals surface area contributed by atoms with E-state index in [-0.39, 0.29) is 22.8 Å². The van der Waals surface area contributed by atoms with E-state index in [1.165, 1.54) is 37.4 Å². The Morgan fingerprint density at radius 1 is 1.26 bits per heavy atom. The summed E-state index contributed by atoms with van der Waals surface area (Å²) in [4.78, 5) is 22.4. The molecule has 0 bridgehead atoms.